The maximum atomic E-state index is 11.4. The number of carboxylic acids is 2. The summed E-state index contributed by atoms with van der Waals surface area (Å²) in [4.78, 5) is 22.2. The molecule has 0 unspecified atom stereocenters. The first-order valence-corrected chi connectivity index (χ1v) is 11.0. The van der Waals surface area contributed by atoms with Gasteiger partial charge in [0.1, 0.15) is 6.61 Å². The van der Waals surface area contributed by atoms with Crippen LogP contribution in [0.4, 0.5) is 11.4 Å². The van der Waals surface area contributed by atoms with Gasteiger partial charge >= 0.3 is 11.9 Å². The number of carboxylic acid groups (broad SMARTS) is 2. The van der Waals surface area contributed by atoms with Gasteiger partial charge in [0.2, 0.25) is 0 Å². The van der Waals surface area contributed by atoms with Gasteiger partial charge in [-0.2, -0.15) is 0 Å². The third-order valence-corrected chi connectivity index (χ3v) is 6.55. The Kier molecular flexibility index (Phi) is 8.84. The Hall–Kier alpha value is -3.62. The summed E-state index contributed by atoms with van der Waals surface area (Å²) in [6, 6.07) is 9.51. The van der Waals surface area contributed by atoms with Crippen molar-refractivity contribution < 1.29 is 29.6 Å². The molecule has 3 aromatic carbocycles. The topological polar surface area (TPSA) is 156 Å². The molecule has 10 heteroatoms. The summed E-state index contributed by atoms with van der Waals surface area (Å²) in [6.45, 7) is 6.93. The molecule has 0 aliphatic carbocycles. The molecule has 0 fully saturated rings. The quantitative estimate of drug-likeness (QED) is 0.210. The lowest BCUT2D eigenvalue weighted by atomic mass is 10.0. The number of hydrogen-bond donors (Lipinski definition) is 5. The van der Waals surface area contributed by atoms with Crippen molar-refractivity contribution in [2.24, 2.45) is 0 Å². The van der Waals surface area contributed by atoms with Crippen LogP contribution in [-0.2, 0) is 6.61 Å². The van der Waals surface area contributed by atoms with Crippen LogP contribution >= 0.6 is 23.2 Å². The van der Waals surface area contributed by atoms with Crippen LogP contribution in [0.2, 0.25) is 10.0 Å². The average Bonchev–Trinajstić information content (AvgIpc) is 2.81. The summed E-state index contributed by atoms with van der Waals surface area (Å²) in [5.41, 5.74) is 14.3. The van der Waals surface area contributed by atoms with Gasteiger partial charge in [-0.3, -0.25) is 0 Å². The van der Waals surface area contributed by atoms with E-state index < -0.39 is 11.9 Å². The van der Waals surface area contributed by atoms with E-state index in [1.165, 1.54) is 0 Å². The lowest BCUT2D eigenvalue weighted by Crippen LogP contribution is -2.10. The number of phenolic OH excluding ortho intramolecular Hbond substituents is 1. The van der Waals surface area contributed by atoms with Crippen molar-refractivity contribution in [3.8, 4) is 11.5 Å². The molecule has 3 rings (SSSR count). The monoisotopic (exact) mass is 520 g/mol. The molecule has 35 heavy (non-hydrogen) atoms. The molecule has 0 saturated heterocycles. The Morgan fingerprint density at radius 3 is 1.74 bits per heavy atom. The molecule has 8 nitrogen and oxygen atoms in total. The number of aromatic hydroxyl groups is 1. The number of aromatic carboxylic acids is 2. The number of nitrogens with two attached hydrogens (primary N) is 2. The van der Waals surface area contributed by atoms with Crippen LogP contribution in [0.3, 0.4) is 0 Å². The number of anilines is 2. The second-order valence-electron chi connectivity index (χ2n) is 7.77. The second kappa shape index (κ2) is 11.2. The Labute approximate surface area is 212 Å². The lowest BCUT2D eigenvalue weighted by molar-refractivity contribution is 0.0686. The van der Waals surface area contributed by atoms with Gasteiger partial charge in [0, 0.05) is 0 Å². The van der Waals surface area contributed by atoms with Gasteiger partial charge in [-0.25, -0.2) is 9.59 Å². The average molecular weight is 521 g/mol. The van der Waals surface area contributed by atoms with Crippen molar-refractivity contribution in [3.63, 3.8) is 0 Å². The Morgan fingerprint density at radius 2 is 1.26 bits per heavy atom. The molecule has 7 N–H and O–H groups in total. The number of hydrogen-bond acceptors (Lipinski definition) is 6. The molecule has 0 bridgehead atoms. The highest BCUT2D eigenvalue weighted by atomic mass is 35.5. The van der Waals surface area contributed by atoms with Gasteiger partial charge in [-0.15, -0.1) is 0 Å². The molecule has 0 amide bonds. The first-order valence-electron chi connectivity index (χ1n) is 10.3. The molecule has 0 atom stereocenters. The van der Waals surface area contributed by atoms with E-state index in [4.69, 9.17) is 44.5 Å². The SMILES string of the molecule is Cc1c(C)c(C(=O)O)c(N)c(O)c1Cl.Cc1c(C)c(C(=O)O)c(N)c(OCc2ccccc2)c1Cl. The van der Waals surface area contributed by atoms with Crippen molar-refractivity contribution in [2.45, 2.75) is 34.3 Å². The predicted octanol–water partition coefficient (Wildman–Crippen LogP) is 5.76. The predicted molar refractivity (Wildman–Crippen MR) is 137 cm³/mol. The van der Waals surface area contributed by atoms with E-state index in [-0.39, 0.29) is 45.6 Å². The molecular weight excluding hydrogens is 495 g/mol. The summed E-state index contributed by atoms with van der Waals surface area (Å²) in [6.07, 6.45) is 0. The van der Waals surface area contributed by atoms with Gasteiger partial charge < -0.3 is 31.5 Å². The normalized spacial score (nSPS) is 10.3. The van der Waals surface area contributed by atoms with Crippen molar-refractivity contribution in [3.05, 3.63) is 79.3 Å². The minimum Gasteiger partial charge on any atom is -0.504 e. The fraction of sp³-hybridized carbons (Fsp3) is 0.200. The largest absolute Gasteiger partial charge is 0.504 e. The van der Waals surface area contributed by atoms with E-state index in [1.54, 1.807) is 27.7 Å². The fourth-order valence-electron chi connectivity index (χ4n) is 3.35. The molecule has 186 valence electrons. The standard InChI is InChI=1S/C16H16ClNO3.C9H10ClNO3/c1-9-10(2)13(17)15(14(18)12(9)16(19)20)21-8-11-6-4-3-5-7-11;1-3-4(2)6(10)8(12)7(11)5(3)9(13)14/h3-7H,8,18H2,1-2H3,(H,19,20);12H,11H2,1-2H3,(H,13,14). The lowest BCUT2D eigenvalue weighted by Gasteiger charge is -2.17. The van der Waals surface area contributed by atoms with Gasteiger partial charge in [-0.1, -0.05) is 53.5 Å². The zero-order chi connectivity index (χ0) is 26.6. The zero-order valence-electron chi connectivity index (χ0n) is 19.6. The van der Waals surface area contributed by atoms with E-state index in [2.05, 4.69) is 0 Å². The first-order chi connectivity index (χ1) is 16.3. The molecule has 0 aliphatic heterocycles. The smallest absolute Gasteiger partial charge is 0.338 e. The van der Waals surface area contributed by atoms with E-state index in [0.717, 1.165) is 5.56 Å². The Bertz CT molecular complexity index is 1260. The van der Waals surface area contributed by atoms with E-state index in [1.807, 2.05) is 30.3 Å². The van der Waals surface area contributed by atoms with Crippen molar-refractivity contribution in [1.29, 1.82) is 0 Å². The molecule has 3 aromatic rings. The van der Waals surface area contributed by atoms with E-state index in [0.29, 0.717) is 27.3 Å². The molecule has 0 radical (unpaired) electrons. The van der Waals surface area contributed by atoms with Gasteiger partial charge in [0.15, 0.2) is 11.5 Å². The van der Waals surface area contributed by atoms with Crippen LogP contribution in [0.1, 0.15) is 48.5 Å². The number of halogens is 2. The Balaban J connectivity index is 0.000000269. The summed E-state index contributed by atoms with van der Waals surface area (Å²) in [7, 11) is 0. The molecule has 0 saturated carbocycles. The van der Waals surface area contributed by atoms with Crippen LogP contribution in [-0.4, -0.2) is 27.3 Å². The van der Waals surface area contributed by atoms with Crippen LogP contribution in [0, 0.1) is 27.7 Å². The van der Waals surface area contributed by atoms with Crippen LogP contribution < -0.4 is 16.2 Å². The molecule has 0 heterocycles. The molecular formula is C25H26Cl2N2O6. The third-order valence-electron chi connectivity index (χ3n) is 5.63. The maximum absolute atomic E-state index is 11.4. The number of phenols is 1. The fourth-order valence-corrected chi connectivity index (χ4v) is 3.89. The number of nitrogen functional groups attached to an aromatic ring is 2. The van der Waals surface area contributed by atoms with Crippen molar-refractivity contribution in [2.75, 3.05) is 11.5 Å². The first kappa shape index (κ1) is 27.6. The Morgan fingerprint density at radius 1 is 0.800 bits per heavy atom. The third kappa shape index (κ3) is 5.72. The number of rotatable bonds is 5. The summed E-state index contributed by atoms with van der Waals surface area (Å²) < 4.78 is 5.66. The van der Waals surface area contributed by atoms with Crippen LogP contribution in [0.15, 0.2) is 30.3 Å². The highest BCUT2D eigenvalue weighted by molar-refractivity contribution is 6.34. The number of carbonyl (C=O) groups is 2. The van der Waals surface area contributed by atoms with Crippen molar-refractivity contribution >= 4 is 46.5 Å². The van der Waals surface area contributed by atoms with Gasteiger partial charge in [0.25, 0.3) is 0 Å². The molecule has 0 aromatic heterocycles. The minimum atomic E-state index is -1.17. The summed E-state index contributed by atoms with van der Waals surface area (Å²) in [5, 5.41) is 28.0. The highest BCUT2D eigenvalue weighted by Crippen LogP contribution is 2.40. The van der Waals surface area contributed by atoms with E-state index in [9.17, 15) is 19.8 Å². The second-order valence-corrected chi connectivity index (χ2v) is 8.52. The number of ether oxygens (including phenoxy) is 1. The van der Waals surface area contributed by atoms with Crippen molar-refractivity contribution in [1.82, 2.24) is 0 Å². The van der Waals surface area contributed by atoms with E-state index >= 15 is 0 Å². The molecule has 0 spiro atoms. The van der Waals surface area contributed by atoms with Gasteiger partial charge in [-0.05, 0) is 55.5 Å². The minimum absolute atomic E-state index is 0.0416. The zero-order valence-corrected chi connectivity index (χ0v) is 21.1. The van der Waals surface area contributed by atoms with Gasteiger partial charge in [0.05, 0.1) is 32.5 Å². The summed E-state index contributed by atoms with van der Waals surface area (Å²) >= 11 is 12.0. The van der Waals surface area contributed by atoms with Crippen LogP contribution in [0.25, 0.3) is 0 Å². The van der Waals surface area contributed by atoms with Crippen LogP contribution in [0.5, 0.6) is 11.5 Å². The highest BCUT2D eigenvalue weighted by Gasteiger charge is 2.23. The molecule has 0 aliphatic rings. The number of benzene rings is 3. The maximum Gasteiger partial charge on any atom is 0.338 e. The summed E-state index contributed by atoms with van der Waals surface area (Å²) in [5.74, 6) is -2.41.